The lowest BCUT2D eigenvalue weighted by Crippen LogP contribution is -2.07. The summed E-state index contributed by atoms with van der Waals surface area (Å²) in [5.74, 6) is 1.80. The summed E-state index contributed by atoms with van der Waals surface area (Å²) >= 11 is 0. The Morgan fingerprint density at radius 3 is 2.95 bits per heavy atom. The van der Waals surface area contributed by atoms with Crippen LogP contribution in [0.2, 0.25) is 0 Å². The Kier molecular flexibility index (Phi) is 3.15. The highest BCUT2D eigenvalue weighted by molar-refractivity contribution is 5.62. The molecule has 1 aliphatic carbocycles. The molecule has 1 aliphatic rings. The molecule has 0 saturated heterocycles. The predicted molar refractivity (Wildman–Crippen MR) is 76.2 cm³/mol. The molecule has 19 heavy (non-hydrogen) atoms. The molecule has 0 aliphatic heterocycles. The van der Waals surface area contributed by atoms with Crippen molar-refractivity contribution in [2.45, 2.75) is 33.1 Å². The van der Waals surface area contributed by atoms with E-state index in [9.17, 15) is 0 Å². The molecule has 0 saturated carbocycles. The number of anilines is 1. The van der Waals surface area contributed by atoms with Crippen LogP contribution in [0.1, 0.15) is 30.2 Å². The van der Waals surface area contributed by atoms with Gasteiger partial charge in [-0.1, -0.05) is 0 Å². The van der Waals surface area contributed by atoms with Crippen molar-refractivity contribution in [1.29, 1.82) is 0 Å². The van der Waals surface area contributed by atoms with Gasteiger partial charge in [0, 0.05) is 35.8 Å². The second-order valence-corrected chi connectivity index (χ2v) is 4.90. The van der Waals surface area contributed by atoms with Crippen LogP contribution in [0.3, 0.4) is 0 Å². The average Bonchev–Trinajstić information content (AvgIpc) is 2.88. The maximum atomic E-state index is 4.74. The molecule has 1 N–H and O–H groups in total. The summed E-state index contributed by atoms with van der Waals surface area (Å²) in [7, 11) is 0. The van der Waals surface area contributed by atoms with Crippen molar-refractivity contribution in [2.75, 3.05) is 11.9 Å². The van der Waals surface area contributed by atoms with Crippen LogP contribution >= 0.6 is 0 Å². The lowest BCUT2D eigenvalue weighted by molar-refractivity contribution is 0.899. The van der Waals surface area contributed by atoms with E-state index in [1.807, 2.05) is 12.3 Å². The lowest BCUT2D eigenvalue weighted by atomic mass is 10.1. The molecule has 4 heteroatoms. The number of hydrogen-bond acceptors (Lipinski definition) is 4. The van der Waals surface area contributed by atoms with E-state index >= 15 is 0 Å². The average molecular weight is 254 g/mol. The highest BCUT2D eigenvalue weighted by Gasteiger charge is 2.20. The number of aryl methyl sites for hydroxylation is 2. The van der Waals surface area contributed by atoms with Crippen LogP contribution in [0.5, 0.6) is 0 Å². The van der Waals surface area contributed by atoms with E-state index in [2.05, 4.69) is 24.1 Å². The third-order valence-corrected chi connectivity index (χ3v) is 3.56. The molecule has 2 aromatic heterocycles. The molecule has 0 radical (unpaired) electrons. The fourth-order valence-electron chi connectivity index (χ4n) is 2.56. The second kappa shape index (κ2) is 4.96. The number of nitrogens with zero attached hydrogens (tertiary/aromatic N) is 3. The van der Waals surface area contributed by atoms with Gasteiger partial charge in [0.1, 0.15) is 5.82 Å². The molecule has 2 heterocycles. The van der Waals surface area contributed by atoms with Gasteiger partial charge in [0.05, 0.1) is 0 Å². The minimum atomic E-state index is 0.794. The molecule has 2 aromatic rings. The summed E-state index contributed by atoms with van der Waals surface area (Å²) in [6.07, 6.45) is 6.98. The Bertz CT molecular complexity index is 607. The third-order valence-electron chi connectivity index (χ3n) is 3.56. The Labute approximate surface area is 113 Å². The SMILES string of the molecule is CCNc1nc(-c2cnccc2C)nc2c1CCC2. The topological polar surface area (TPSA) is 50.7 Å². The first kappa shape index (κ1) is 12.1. The van der Waals surface area contributed by atoms with Gasteiger partial charge < -0.3 is 5.32 Å². The Morgan fingerprint density at radius 2 is 2.16 bits per heavy atom. The number of fused-ring (bicyclic) bond motifs is 1. The number of rotatable bonds is 3. The third kappa shape index (κ3) is 2.18. The van der Waals surface area contributed by atoms with Gasteiger partial charge in [0.25, 0.3) is 0 Å². The van der Waals surface area contributed by atoms with Gasteiger partial charge in [-0.25, -0.2) is 9.97 Å². The van der Waals surface area contributed by atoms with Gasteiger partial charge in [-0.2, -0.15) is 0 Å². The molecule has 0 amide bonds. The fourth-order valence-corrected chi connectivity index (χ4v) is 2.56. The van der Waals surface area contributed by atoms with Crippen molar-refractivity contribution in [1.82, 2.24) is 15.0 Å². The van der Waals surface area contributed by atoms with E-state index in [4.69, 9.17) is 9.97 Å². The summed E-state index contributed by atoms with van der Waals surface area (Å²) in [5, 5.41) is 3.37. The maximum absolute atomic E-state index is 4.74. The summed E-state index contributed by atoms with van der Waals surface area (Å²) in [6, 6.07) is 2.00. The van der Waals surface area contributed by atoms with Crippen LogP contribution in [0.4, 0.5) is 5.82 Å². The fraction of sp³-hybridized carbons (Fsp3) is 0.400. The zero-order valence-electron chi connectivity index (χ0n) is 11.4. The largest absolute Gasteiger partial charge is 0.370 e. The predicted octanol–water partition coefficient (Wildman–Crippen LogP) is 2.77. The van der Waals surface area contributed by atoms with Crippen molar-refractivity contribution < 1.29 is 0 Å². The summed E-state index contributed by atoms with van der Waals surface area (Å²) in [4.78, 5) is 13.6. The molecule has 3 rings (SSSR count). The smallest absolute Gasteiger partial charge is 0.163 e. The zero-order valence-corrected chi connectivity index (χ0v) is 11.4. The number of nitrogens with one attached hydrogen (secondary N) is 1. The normalized spacial score (nSPS) is 13.4. The Balaban J connectivity index is 2.13. The summed E-state index contributed by atoms with van der Waals surface area (Å²) < 4.78 is 0. The van der Waals surface area contributed by atoms with E-state index in [0.717, 1.165) is 42.2 Å². The van der Waals surface area contributed by atoms with Gasteiger partial charge in [-0.05, 0) is 44.7 Å². The molecule has 0 aromatic carbocycles. The number of hydrogen-bond donors (Lipinski definition) is 1. The molecule has 0 atom stereocenters. The van der Waals surface area contributed by atoms with Crippen LogP contribution < -0.4 is 5.32 Å². The van der Waals surface area contributed by atoms with Crippen molar-refractivity contribution in [2.24, 2.45) is 0 Å². The minimum absolute atomic E-state index is 0.794. The Morgan fingerprint density at radius 1 is 1.26 bits per heavy atom. The first-order chi connectivity index (χ1) is 9.29. The van der Waals surface area contributed by atoms with Crippen LogP contribution in [-0.2, 0) is 12.8 Å². The molecule has 98 valence electrons. The van der Waals surface area contributed by atoms with Gasteiger partial charge >= 0.3 is 0 Å². The van der Waals surface area contributed by atoms with Crippen molar-refractivity contribution in [3.05, 3.63) is 35.3 Å². The summed E-state index contributed by atoms with van der Waals surface area (Å²) in [6.45, 7) is 5.05. The van der Waals surface area contributed by atoms with E-state index in [0.29, 0.717) is 0 Å². The van der Waals surface area contributed by atoms with E-state index < -0.39 is 0 Å². The molecule has 4 nitrogen and oxygen atoms in total. The first-order valence-corrected chi connectivity index (χ1v) is 6.84. The van der Waals surface area contributed by atoms with E-state index in [1.165, 1.54) is 17.7 Å². The van der Waals surface area contributed by atoms with Crippen molar-refractivity contribution in [3.63, 3.8) is 0 Å². The lowest BCUT2D eigenvalue weighted by Gasteiger charge is -2.11. The van der Waals surface area contributed by atoms with Crippen molar-refractivity contribution >= 4 is 5.82 Å². The second-order valence-electron chi connectivity index (χ2n) is 4.90. The molecule has 0 unspecified atom stereocenters. The van der Waals surface area contributed by atoms with Crippen molar-refractivity contribution in [3.8, 4) is 11.4 Å². The van der Waals surface area contributed by atoms with Crippen LogP contribution in [0.25, 0.3) is 11.4 Å². The van der Waals surface area contributed by atoms with Gasteiger partial charge in [-0.15, -0.1) is 0 Å². The zero-order chi connectivity index (χ0) is 13.2. The highest BCUT2D eigenvalue weighted by atomic mass is 15.0. The Hall–Kier alpha value is -1.97. The molecule has 0 bridgehead atoms. The van der Waals surface area contributed by atoms with Crippen LogP contribution in [0, 0.1) is 6.92 Å². The van der Waals surface area contributed by atoms with Crippen LogP contribution in [-0.4, -0.2) is 21.5 Å². The monoisotopic (exact) mass is 254 g/mol. The van der Waals surface area contributed by atoms with Crippen LogP contribution in [0.15, 0.2) is 18.5 Å². The van der Waals surface area contributed by atoms with E-state index in [1.54, 1.807) is 6.20 Å². The molecular formula is C15H18N4. The molecule has 0 fully saturated rings. The van der Waals surface area contributed by atoms with Gasteiger partial charge in [0.15, 0.2) is 5.82 Å². The first-order valence-electron chi connectivity index (χ1n) is 6.84. The highest BCUT2D eigenvalue weighted by Crippen LogP contribution is 2.29. The minimum Gasteiger partial charge on any atom is -0.370 e. The van der Waals surface area contributed by atoms with Gasteiger partial charge in [-0.3, -0.25) is 4.98 Å². The number of aromatic nitrogens is 3. The summed E-state index contributed by atoms with van der Waals surface area (Å²) in [5.41, 5.74) is 4.68. The molecule has 0 spiro atoms. The van der Waals surface area contributed by atoms with Gasteiger partial charge in [0.2, 0.25) is 0 Å². The quantitative estimate of drug-likeness (QED) is 0.915. The molecular weight excluding hydrogens is 236 g/mol. The standard InChI is InChI=1S/C15H18N4/c1-3-17-14-11-5-4-6-13(11)18-15(19-14)12-9-16-8-7-10(12)2/h7-9H,3-6H2,1-2H3,(H,17,18,19). The maximum Gasteiger partial charge on any atom is 0.163 e. The number of pyridine rings is 1. The van der Waals surface area contributed by atoms with E-state index in [-0.39, 0.29) is 0 Å².